The molecule has 0 saturated heterocycles. The zero-order valence-corrected chi connectivity index (χ0v) is 18.5. The molecule has 0 aliphatic heterocycles. The van der Waals surface area contributed by atoms with Crippen molar-refractivity contribution in [2.45, 2.75) is 24.3 Å². The van der Waals surface area contributed by atoms with E-state index in [1.54, 1.807) is 26.0 Å². The summed E-state index contributed by atoms with van der Waals surface area (Å²) in [6.45, 7) is 3.08. The van der Waals surface area contributed by atoms with Crippen LogP contribution < -0.4 is 9.47 Å². The van der Waals surface area contributed by atoms with Crippen LogP contribution in [-0.2, 0) is 4.79 Å². The molecular weight excluding hydrogens is 475 g/mol. The smallest absolute Gasteiger partial charge is 0.446 e. The number of hydrogen-bond donors (Lipinski definition) is 1. The highest BCUT2D eigenvalue weighted by molar-refractivity contribution is 8.00. The van der Waals surface area contributed by atoms with Crippen LogP contribution in [0.1, 0.15) is 11.1 Å². The maximum Gasteiger partial charge on any atom is 0.446 e. The number of alkyl halides is 3. The van der Waals surface area contributed by atoms with Crippen molar-refractivity contribution in [3.63, 3.8) is 0 Å². The number of rotatable bonds is 7. The number of carboxylic acids is 1. The Morgan fingerprint density at radius 3 is 2.56 bits per heavy atom. The predicted molar refractivity (Wildman–Crippen MR) is 116 cm³/mol. The van der Waals surface area contributed by atoms with E-state index >= 15 is 0 Å². The molecule has 0 radical (unpaired) electrons. The van der Waals surface area contributed by atoms with Crippen molar-refractivity contribution in [3.05, 3.63) is 53.7 Å². The number of thioether (sulfide) groups is 1. The molecule has 0 bridgehead atoms. The first-order valence-corrected chi connectivity index (χ1v) is 10.5. The van der Waals surface area contributed by atoms with Gasteiger partial charge in [0.05, 0.1) is 6.20 Å². The fraction of sp³-hybridized carbons (Fsp3) is 0.182. The van der Waals surface area contributed by atoms with Gasteiger partial charge < -0.3 is 19.0 Å². The molecule has 0 amide bonds. The Bertz CT molecular complexity index is 1350. The Morgan fingerprint density at radius 1 is 1.15 bits per heavy atom. The first-order chi connectivity index (χ1) is 16.1. The molecule has 34 heavy (non-hydrogen) atoms. The number of hydrogen-bond acceptors (Lipinski definition) is 8. The van der Waals surface area contributed by atoms with Gasteiger partial charge in [0.1, 0.15) is 17.0 Å². The molecular formula is C22H16F3N3O5S. The van der Waals surface area contributed by atoms with Crippen LogP contribution in [0.2, 0.25) is 0 Å². The van der Waals surface area contributed by atoms with Crippen LogP contribution in [0.4, 0.5) is 13.2 Å². The van der Waals surface area contributed by atoms with Crippen LogP contribution in [0.3, 0.4) is 0 Å². The summed E-state index contributed by atoms with van der Waals surface area (Å²) in [7, 11) is 0. The molecule has 0 saturated carbocycles. The Morgan fingerprint density at radius 2 is 1.88 bits per heavy atom. The first kappa shape index (κ1) is 23.4. The monoisotopic (exact) mass is 491 g/mol. The second-order valence-corrected chi connectivity index (χ2v) is 8.25. The van der Waals surface area contributed by atoms with Crippen LogP contribution >= 0.6 is 11.8 Å². The average Bonchev–Trinajstić information content (AvgIpc) is 3.15. The Labute approximate surface area is 194 Å². The number of ether oxygens (including phenoxy) is 2. The minimum absolute atomic E-state index is 0.0328. The molecule has 1 N–H and O–H groups in total. The highest BCUT2D eigenvalue weighted by atomic mass is 32.2. The van der Waals surface area contributed by atoms with Crippen molar-refractivity contribution in [2.24, 2.45) is 0 Å². The topological polar surface area (TPSA) is 108 Å². The Hall–Kier alpha value is -3.80. The molecule has 2 aromatic heterocycles. The lowest BCUT2D eigenvalue weighted by atomic mass is 10.1. The van der Waals surface area contributed by atoms with Crippen LogP contribution in [0.5, 0.6) is 17.5 Å². The molecule has 4 rings (SSSR count). The summed E-state index contributed by atoms with van der Waals surface area (Å²) >= 11 is -0.251. The van der Waals surface area contributed by atoms with E-state index in [9.17, 15) is 18.0 Å². The molecule has 0 spiro atoms. The Kier molecular flexibility index (Phi) is 6.33. The number of aliphatic carboxylic acids is 1. The molecule has 0 fully saturated rings. The van der Waals surface area contributed by atoms with E-state index in [1.165, 1.54) is 30.5 Å². The van der Waals surface area contributed by atoms with Gasteiger partial charge in [-0.05, 0) is 67.1 Å². The van der Waals surface area contributed by atoms with E-state index in [4.69, 9.17) is 19.0 Å². The van der Waals surface area contributed by atoms with Gasteiger partial charge in [0.15, 0.2) is 6.61 Å². The Balaban J connectivity index is 1.57. The summed E-state index contributed by atoms with van der Waals surface area (Å²) in [4.78, 5) is 23.3. The third-order valence-electron chi connectivity index (χ3n) is 4.42. The van der Waals surface area contributed by atoms with Crippen LogP contribution in [-0.4, -0.2) is 38.1 Å². The molecule has 0 aliphatic rings. The van der Waals surface area contributed by atoms with Gasteiger partial charge in [0.25, 0.3) is 5.71 Å². The van der Waals surface area contributed by atoms with Gasteiger partial charge in [0, 0.05) is 10.5 Å². The number of benzene rings is 2. The molecule has 4 aromatic rings. The van der Waals surface area contributed by atoms with E-state index in [-0.39, 0.29) is 40.0 Å². The largest absolute Gasteiger partial charge is 0.481 e. The molecule has 2 heterocycles. The fourth-order valence-electron chi connectivity index (χ4n) is 3.17. The quantitative estimate of drug-likeness (QED) is 0.322. The highest BCUT2D eigenvalue weighted by Gasteiger charge is 2.29. The van der Waals surface area contributed by atoms with Gasteiger partial charge in [-0.15, -0.1) is 0 Å². The summed E-state index contributed by atoms with van der Waals surface area (Å²) in [5.74, 6) is -0.231. The number of carboxylic acid groups (broad SMARTS) is 1. The van der Waals surface area contributed by atoms with Gasteiger partial charge in [-0.25, -0.2) is 14.8 Å². The van der Waals surface area contributed by atoms with Crippen molar-refractivity contribution in [1.29, 1.82) is 0 Å². The van der Waals surface area contributed by atoms with Crippen LogP contribution in [0, 0.1) is 13.8 Å². The number of nitrogens with zero attached hydrogens (tertiary/aromatic N) is 3. The summed E-state index contributed by atoms with van der Waals surface area (Å²) in [5.41, 5.74) is -1.92. The van der Waals surface area contributed by atoms with E-state index in [0.717, 1.165) is 0 Å². The molecule has 0 unspecified atom stereocenters. The summed E-state index contributed by atoms with van der Waals surface area (Å²) in [6, 6.07) is 8.83. The third-order valence-corrected chi connectivity index (χ3v) is 5.15. The van der Waals surface area contributed by atoms with E-state index < -0.39 is 18.1 Å². The number of oxazole rings is 1. The number of aryl methyl sites for hydroxylation is 2. The maximum absolute atomic E-state index is 12.6. The fourth-order valence-corrected chi connectivity index (χ4v) is 3.76. The second kappa shape index (κ2) is 9.21. The molecule has 0 atom stereocenters. The molecule has 2 aromatic carbocycles. The zero-order valence-electron chi connectivity index (χ0n) is 17.7. The van der Waals surface area contributed by atoms with Crippen molar-refractivity contribution < 1.29 is 37.0 Å². The molecule has 12 heteroatoms. The normalized spacial score (nSPS) is 11.6. The van der Waals surface area contributed by atoms with Gasteiger partial charge in [-0.1, -0.05) is 6.07 Å². The van der Waals surface area contributed by atoms with Gasteiger partial charge in [-0.3, -0.25) is 0 Å². The maximum atomic E-state index is 12.6. The standard InChI is InChI=1S/C22H16F3N3O5S/c1-11-6-13(7-12(2)18(11)31-10-17(29)30)19-27-16-9-26-21(28-20(16)33-19)32-14-4-3-5-15(8-14)34-22(23,24)25/h3-9H,10H2,1-2H3,(H,29,30). The van der Waals surface area contributed by atoms with E-state index in [0.29, 0.717) is 28.0 Å². The van der Waals surface area contributed by atoms with Crippen molar-refractivity contribution in [2.75, 3.05) is 6.61 Å². The first-order valence-electron chi connectivity index (χ1n) is 9.71. The number of aromatic nitrogens is 3. The second-order valence-electron chi connectivity index (χ2n) is 7.11. The van der Waals surface area contributed by atoms with Crippen LogP contribution in [0.25, 0.3) is 22.7 Å². The summed E-state index contributed by atoms with van der Waals surface area (Å²) in [5, 5.41) is 8.82. The lowest BCUT2D eigenvalue weighted by molar-refractivity contribution is -0.139. The predicted octanol–water partition coefficient (Wildman–Crippen LogP) is 5.77. The average molecular weight is 491 g/mol. The van der Waals surface area contributed by atoms with Crippen molar-refractivity contribution >= 4 is 29.0 Å². The van der Waals surface area contributed by atoms with Crippen molar-refractivity contribution in [1.82, 2.24) is 15.0 Å². The van der Waals surface area contributed by atoms with Gasteiger partial charge in [-0.2, -0.15) is 18.2 Å². The molecule has 8 nitrogen and oxygen atoms in total. The molecule has 0 aliphatic carbocycles. The zero-order chi connectivity index (χ0) is 24.5. The number of carbonyl (C=O) groups is 1. The lowest BCUT2D eigenvalue weighted by Gasteiger charge is -2.11. The van der Waals surface area contributed by atoms with E-state index in [1.807, 2.05) is 0 Å². The lowest BCUT2D eigenvalue weighted by Crippen LogP contribution is -2.10. The van der Waals surface area contributed by atoms with Gasteiger partial charge >= 0.3 is 17.5 Å². The highest BCUT2D eigenvalue weighted by Crippen LogP contribution is 2.38. The number of halogens is 3. The summed E-state index contributed by atoms with van der Waals surface area (Å²) < 4.78 is 54.4. The minimum Gasteiger partial charge on any atom is -0.481 e. The summed E-state index contributed by atoms with van der Waals surface area (Å²) in [6.07, 6.45) is 1.38. The third kappa shape index (κ3) is 5.57. The van der Waals surface area contributed by atoms with Gasteiger partial charge in [0.2, 0.25) is 5.89 Å². The van der Waals surface area contributed by atoms with Crippen LogP contribution in [0.15, 0.2) is 51.9 Å². The minimum atomic E-state index is -4.42. The number of fused-ring (bicyclic) bond motifs is 1. The molecule has 176 valence electrons. The van der Waals surface area contributed by atoms with E-state index in [2.05, 4.69) is 15.0 Å². The van der Waals surface area contributed by atoms with Crippen molar-refractivity contribution in [3.8, 4) is 29.0 Å². The SMILES string of the molecule is Cc1cc(-c2nc3cnc(Oc4cccc(SC(F)(F)F)c4)nc3o2)cc(C)c1OCC(=O)O.